The van der Waals surface area contributed by atoms with Crippen molar-refractivity contribution in [3.05, 3.63) is 53.2 Å². The number of halogens is 2. The number of nitrogens with zero attached hydrogens (tertiary/aromatic N) is 3. The Morgan fingerprint density at radius 1 is 1.05 bits per heavy atom. The maximum Gasteiger partial charge on any atom is 0.151 e. The number of aromatic nitrogens is 2. The molecule has 0 fully saturated rings. The molecule has 1 aromatic heterocycles. The highest BCUT2D eigenvalue weighted by atomic mass is 35.5. The lowest BCUT2D eigenvalue weighted by Crippen LogP contribution is -2.31. The number of rotatable bonds is 2. The van der Waals surface area contributed by atoms with Crippen LogP contribution in [0.25, 0.3) is 0 Å². The third kappa shape index (κ3) is 2.99. The summed E-state index contributed by atoms with van der Waals surface area (Å²) in [5, 5.41) is 8.34. The summed E-state index contributed by atoms with van der Waals surface area (Å²) in [5.74, 6) is 1.34. The summed E-state index contributed by atoms with van der Waals surface area (Å²) in [6, 6.07) is 12.5. The highest BCUT2D eigenvalue weighted by Gasteiger charge is 2.16. The van der Waals surface area contributed by atoms with Crippen molar-refractivity contribution >= 4 is 29.8 Å². The fourth-order valence-corrected chi connectivity index (χ4v) is 2.43. The second kappa shape index (κ2) is 6.22. The lowest BCUT2D eigenvalue weighted by atomic mass is 10.00. The minimum Gasteiger partial charge on any atom is -0.350 e. The molecule has 2 aromatic rings. The van der Waals surface area contributed by atoms with E-state index in [-0.39, 0.29) is 12.4 Å². The van der Waals surface area contributed by atoms with Crippen LogP contribution in [-0.2, 0) is 18.8 Å². The van der Waals surface area contributed by atoms with Crippen molar-refractivity contribution in [1.29, 1.82) is 0 Å². The molecule has 100 valence electrons. The van der Waals surface area contributed by atoms with Gasteiger partial charge in [0, 0.05) is 13.1 Å². The first-order chi connectivity index (χ1) is 8.86. The minimum absolute atomic E-state index is 0. The van der Waals surface area contributed by atoms with E-state index in [0.29, 0.717) is 5.88 Å². The second-order valence-electron chi connectivity index (χ2n) is 4.46. The van der Waals surface area contributed by atoms with E-state index in [1.165, 1.54) is 11.1 Å². The molecule has 0 spiro atoms. The molecule has 0 saturated heterocycles. The van der Waals surface area contributed by atoms with Gasteiger partial charge in [0.05, 0.1) is 11.6 Å². The number of fused-ring (bicyclic) bond motifs is 1. The summed E-state index contributed by atoms with van der Waals surface area (Å²) in [4.78, 5) is 2.26. The first kappa shape index (κ1) is 14.1. The van der Waals surface area contributed by atoms with E-state index in [0.717, 1.165) is 31.0 Å². The third-order valence-corrected chi connectivity index (χ3v) is 3.57. The lowest BCUT2D eigenvalue weighted by Gasteiger charge is -2.29. The average Bonchev–Trinajstić information content (AvgIpc) is 2.47. The van der Waals surface area contributed by atoms with E-state index in [1.54, 1.807) is 0 Å². The van der Waals surface area contributed by atoms with E-state index < -0.39 is 0 Å². The van der Waals surface area contributed by atoms with E-state index >= 15 is 0 Å². The van der Waals surface area contributed by atoms with Crippen molar-refractivity contribution in [2.75, 3.05) is 11.4 Å². The van der Waals surface area contributed by atoms with Crippen LogP contribution in [-0.4, -0.2) is 16.7 Å². The highest BCUT2D eigenvalue weighted by Crippen LogP contribution is 2.22. The quantitative estimate of drug-likeness (QED) is 0.797. The molecule has 1 aromatic carbocycles. The zero-order chi connectivity index (χ0) is 12.4. The Morgan fingerprint density at radius 2 is 1.84 bits per heavy atom. The van der Waals surface area contributed by atoms with E-state index in [1.807, 2.05) is 12.1 Å². The van der Waals surface area contributed by atoms with Gasteiger partial charge in [-0.3, -0.25) is 0 Å². The molecule has 0 aliphatic carbocycles. The number of hydrogen-bond donors (Lipinski definition) is 0. The number of anilines is 1. The predicted molar refractivity (Wildman–Crippen MR) is 80.0 cm³/mol. The molecule has 3 nitrogen and oxygen atoms in total. The maximum absolute atomic E-state index is 5.72. The van der Waals surface area contributed by atoms with Gasteiger partial charge in [0.15, 0.2) is 5.82 Å². The molecule has 5 heteroatoms. The van der Waals surface area contributed by atoms with Crippen LogP contribution < -0.4 is 4.90 Å². The molecule has 3 rings (SSSR count). The number of alkyl halides is 1. The molecule has 0 atom stereocenters. The molecule has 2 heterocycles. The van der Waals surface area contributed by atoms with Gasteiger partial charge in [0.1, 0.15) is 0 Å². The van der Waals surface area contributed by atoms with Gasteiger partial charge in [-0.15, -0.1) is 29.1 Å². The molecule has 1 aliphatic heterocycles. The fraction of sp³-hybridized carbons (Fsp3) is 0.286. The van der Waals surface area contributed by atoms with Gasteiger partial charge in [0.2, 0.25) is 0 Å². The maximum atomic E-state index is 5.72. The molecule has 0 N–H and O–H groups in total. The van der Waals surface area contributed by atoms with Crippen LogP contribution >= 0.6 is 24.0 Å². The number of benzene rings is 1. The Hall–Kier alpha value is -1.32. The topological polar surface area (TPSA) is 29.0 Å². The van der Waals surface area contributed by atoms with Gasteiger partial charge in [-0.2, -0.15) is 5.10 Å². The van der Waals surface area contributed by atoms with Gasteiger partial charge >= 0.3 is 0 Å². The van der Waals surface area contributed by atoms with E-state index in [2.05, 4.69) is 39.4 Å². The van der Waals surface area contributed by atoms with Crippen LogP contribution in [0.3, 0.4) is 0 Å². The van der Waals surface area contributed by atoms with Gasteiger partial charge in [-0.25, -0.2) is 0 Å². The van der Waals surface area contributed by atoms with Crippen LogP contribution in [0.4, 0.5) is 5.82 Å². The molecule has 0 saturated carbocycles. The highest BCUT2D eigenvalue weighted by molar-refractivity contribution is 6.16. The molecule has 19 heavy (non-hydrogen) atoms. The monoisotopic (exact) mass is 295 g/mol. The Labute approximate surface area is 124 Å². The summed E-state index contributed by atoms with van der Waals surface area (Å²) < 4.78 is 0. The van der Waals surface area contributed by atoms with Gasteiger partial charge in [-0.1, -0.05) is 24.3 Å². The Morgan fingerprint density at radius 3 is 2.53 bits per heavy atom. The second-order valence-corrected chi connectivity index (χ2v) is 4.72. The zero-order valence-corrected chi connectivity index (χ0v) is 12.0. The largest absolute Gasteiger partial charge is 0.350 e. The third-order valence-electron chi connectivity index (χ3n) is 3.30. The molecule has 0 amide bonds. The lowest BCUT2D eigenvalue weighted by molar-refractivity contribution is 0.711. The Bertz CT molecular complexity index is 543. The molecule has 0 unspecified atom stereocenters. The van der Waals surface area contributed by atoms with E-state index in [9.17, 15) is 0 Å². The van der Waals surface area contributed by atoms with Crippen LogP contribution in [0.2, 0.25) is 0 Å². The average molecular weight is 296 g/mol. The van der Waals surface area contributed by atoms with Gasteiger partial charge < -0.3 is 4.90 Å². The summed E-state index contributed by atoms with van der Waals surface area (Å²) in [6.45, 7) is 1.90. The standard InChI is InChI=1S/C14H14ClN3.ClH/c15-9-13-5-6-14(17-16-13)18-8-7-11-3-1-2-4-12(11)10-18;/h1-6H,7-10H2;1H. The Kier molecular flexibility index (Phi) is 4.61. The van der Waals surface area contributed by atoms with Crippen LogP contribution in [0, 0.1) is 0 Å². The Balaban J connectivity index is 0.00000133. The predicted octanol–water partition coefficient (Wildman–Crippen LogP) is 3.20. The van der Waals surface area contributed by atoms with Crippen molar-refractivity contribution in [3.63, 3.8) is 0 Å². The summed E-state index contributed by atoms with van der Waals surface area (Å²) in [7, 11) is 0. The smallest absolute Gasteiger partial charge is 0.151 e. The van der Waals surface area contributed by atoms with Crippen LogP contribution in [0.5, 0.6) is 0 Å². The first-order valence-corrected chi connectivity index (χ1v) is 6.60. The van der Waals surface area contributed by atoms with Crippen molar-refractivity contribution in [3.8, 4) is 0 Å². The van der Waals surface area contributed by atoms with Gasteiger partial charge in [-0.05, 0) is 29.7 Å². The summed E-state index contributed by atoms with van der Waals surface area (Å²) >= 11 is 5.72. The SMILES string of the molecule is Cl.ClCc1ccc(N2CCc3ccccc3C2)nn1. The van der Waals surface area contributed by atoms with Crippen molar-refractivity contribution in [2.45, 2.75) is 18.8 Å². The van der Waals surface area contributed by atoms with Gasteiger partial charge in [0.25, 0.3) is 0 Å². The summed E-state index contributed by atoms with van der Waals surface area (Å²) in [5.41, 5.74) is 3.64. The minimum atomic E-state index is 0. The first-order valence-electron chi connectivity index (χ1n) is 6.07. The molecule has 0 radical (unpaired) electrons. The summed E-state index contributed by atoms with van der Waals surface area (Å²) in [6.07, 6.45) is 1.06. The molecule has 0 bridgehead atoms. The molecular weight excluding hydrogens is 281 g/mol. The molecule has 1 aliphatic rings. The normalized spacial score (nSPS) is 13.6. The van der Waals surface area contributed by atoms with Crippen molar-refractivity contribution < 1.29 is 0 Å². The van der Waals surface area contributed by atoms with Crippen molar-refractivity contribution in [1.82, 2.24) is 10.2 Å². The fourth-order valence-electron chi connectivity index (χ4n) is 2.28. The van der Waals surface area contributed by atoms with Crippen LogP contribution in [0.1, 0.15) is 16.8 Å². The number of hydrogen-bond acceptors (Lipinski definition) is 3. The zero-order valence-electron chi connectivity index (χ0n) is 10.4. The molecular formula is C14H15Cl2N3. The van der Waals surface area contributed by atoms with Crippen LogP contribution in [0.15, 0.2) is 36.4 Å². The van der Waals surface area contributed by atoms with E-state index in [4.69, 9.17) is 11.6 Å². The van der Waals surface area contributed by atoms with Crippen molar-refractivity contribution in [2.24, 2.45) is 0 Å².